The van der Waals surface area contributed by atoms with E-state index in [9.17, 15) is 9.59 Å². The number of nitrogens with zero attached hydrogens (tertiary/aromatic N) is 1. The fourth-order valence-corrected chi connectivity index (χ4v) is 4.52. The fourth-order valence-electron chi connectivity index (χ4n) is 4.52. The molecule has 3 rings (SSSR count). The van der Waals surface area contributed by atoms with E-state index < -0.39 is 6.04 Å². The van der Waals surface area contributed by atoms with Crippen molar-refractivity contribution in [1.82, 2.24) is 10.2 Å². The van der Waals surface area contributed by atoms with E-state index in [4.69, 9.17) is 9.47 Å². The van der Waals surface area contributed by atoms with Gasteiger partial charge in [0, 0.05) is 12.6 Å². The lowest BCUT2D eigenvalue weighted by atomic mass is 9.95. The number of amides is 2. The van der Waals surface area contributed by atoms with Crippen LogP contribution in [-0.2, 0) is 16.1 Å². The van der Waals surface area contributed by atoms with Crippen molar-refractivity contribution in [1.29, 1.82) is 0 Å². The summed E-state index contributed by atoms with van der Waals surface area (Å²) in [6, 6.07) is 13.2. The zero-order chi connectivity index (χ0) is 24.5. The van der Waals surface area contributed by atoms with Crippen LogP contribution >= 0.6 is 0 Å². The molecule has 2 aromatic carbocycles. The molecule has 1 atom stereocenters. The normalized spacial score (nSPS) is 14.8. The molecule has 0 aromatic heterocycles. The van der Waals surface area contributed by atoms with Crippen LogP contribution in [0.3, 0.4) is 0 Å². The van der Waals surface area contributed by atoms with Gasteiger partial charge in [0.1, 0.15) is 17.5 Å². The lowest BCUT2D eigenvalue weighted by Gasteiger charge is -2.32. The average molecular weight is 467 g/mol. The summed E-state index contributed by atoms with van der Waals surface area (Å²) < 4.78 is 11.3. The molecule has 0 heterocycles. The van der Waals surface area contributed by atoms with Gasteiger partial charge in [0.15, 0.2) is 6.61 Å². The van der Waals surface area contributed by atoms with Crippen LogP contribution < -0.4 is 14.8 Å². The van der Waals surface area contributed by atoms with Crippen LogP contribution in [0.4, 0.5) is 0 Å². The third kappa shape index (κ3) is 6.99. The number of benzene rings is 2. The molecule has 0 aliphatic heterocycles. The Kier molecular flexibility index (Phi) is 9.37. The maximum Gasteiger partial charge on any atom is 0.261 e. The largest absolute Gasteiger partial charge is 0.497 e. The summed E-state index contributed by atoms with van der Waals surface area (Å²) in [5.41, 5.74) is 2.95. The minimum atomic E-state index is -0.567. The van der Waals surface area contributed by atoms with Gasteiger partial charge in [-0.1, -0.05) is 50.5 Å². The Morgan fingerprint density at radius 1 is 1.09 bits per heavy atom. The van der Waals surface area contributed by atoms with Crippen molar-refractivity contribution in [3.63, 3.8) is 0 Å². The van der Waals surface area contributed by atoms with Gasteiger partial charge in [-0.2, -0.15) is 0 Å². The van der Waals surface area contributed by atoms with E-state index >= 15 is 0 Å². The van der Waals surface area contributed by atoms with Gasteiger partial charge in [-0.05, 0) is 68.0 Å². The minimum Gasteiger partial charge on any atom is -0.497 e. The van der Waals surface area contributed by atoms with Gasteiger partial charge in [-0.25, -0.2) is 0 Å². The van der Waals surface area contributed by atoms with Gasteiger partial charge in [-0.3, -0.25) is 9.59 Å². The Hall–Kier alpha value is -3.02. The first kappa shape index (κ1) is 25.6. The average Bonchev–Trinajstić information content (AvgIpc) is 2.85. The molecule has 0 spiro atoms. The predicted octanol–water partition coefficient (Wildman–Crippen LogP) is 4.95. The Labute approximate surface area is 203 Å². The second-order valence-electron chi connectivity index (χ2n) is 9.20. The number of hydrogen-bond donors (Lipinski definition) is 1. The molecule has 0 saturated heterocycles. The van der Waals surface area contributed by atoms with E-state index in [-0.39, 0.29) is 24.5 Å². The van der Waals surface area contributed by atoms with Crippen molar-refractivity contribution in [3.8, 4) is 11.5 Å². The van der Waals surface area contributed by atoms with Gasteiger partial charge in [-0.15, -0.1) is 0 Å². The molecule has 1 N–H and O–H groups in total. The Morgan fingerprint density at radius 2 is 1.85 bits per heavy atom. The van der Waals surface area contributed by atoms with E-state index in [2.05, 4.69) is 5.32 Å². The predicted molar refractivity (Wildman–Crippen MR) is 134 cm³/mol. The smallest absolute Gasteiger partial charge is 0.261 e. The van der Waals surface area contributed by atoms with E-state index in [1.165, 1.54) is 6.42 Å². The summed E-state index contributed by atoms with van der Waals surface area (Å²) >= 11 is 0. The number of nitrogens with one attached hydrogen (secondary N) is 1. The highest BCUT2D eigenvalue weighted by Gasteiger charge is 2.30. The maximum absolute atomic E-state index is 13.5. The third-order valence-electron chi connectivity index (χ3n) is 6.52. The monoisotopic (exact) mass is 466 g/mol. The molecule has 0 bridgehead atoms. The lowest BCUT2D eigenvalue weighted by molar-refractivity contribution is -0.143. The van der Waals surface area contributed by atoms with Gasteiger partial charge in [0.05, 0.1) is 7.11 Å². The molecule has 6 heteroatoms. The number of aryl methyl sites for hydroxylation is 2. The van der Waals surface area contributed by atoms with Crippen LogP contribution in [0.25, 0.3) is 0 Å². The van der Waals surface area contributed by atoms with Crippen molar-refractivity contribution in [2.24, 2.45) is 0 Å². The minimum absolute atomic E-state index is 0.0858. The van der Waals surface area contributed by atoms with E-state index in [0.717, 1.165) is 48.1 Å². The second-order valence-corrected chi connectivity index (χ2v) is 9.20. The molecule has 6 nitrogen and oxygen atoms in total. The number of carbonyl (C=O) groups is 2. The molecule has 1 aliphatic carbocycles. The van der Waals surface area contributed by atoms with Crippen molar-refractivity contribution in [3.05, 3.63) is 59.2 Å². The highest BCUT2D eigenvalue weighted by Crippen LogP contribution is 2.22. The Morgan fingerprint density at radius 3 is 2.56 bits per heavy atom. The SMILES string of the molecule is CC[C@@H](C(=O)NC1CCCCC1)N(Cc1cccc(OC)c1)C(=O)COc1cc(C)ccc1C. The van der Waals surface area contributed by atoms with Crippen LogP contribution in [0.5, 0.6) is 11.5 Å². The molecule has 2 aromatic rings. The van der Waals surface area contributed by atoms with Crippen LogP contribution in [-0.4, -0.2) is 42.5 Å². The fraction of sp³-hybridized carbons (Fsp3) is 0.500. The van der Waals surface area contributed by atoms with E-state index in [1.54, 1.807) is 12.0 Å². The number of carbonyl (C=O) groups excluding carboxylic acids is 2. The van der Waals surface area contributed by atoms with Crippen molar-refractivity contribution < 1.29 is 19.1 Å². The first-order chi connectivity index (χ1) is 16.4. The van der Waals surface area contributed by atoms with E-state index in [0.29, 0.717) is 18.7 Å². The summed E-state index contributed by atoms with van der Waals surface area (Å²) in [7, 11) is 1.62. The molecular weight excluding hydrogens is 428 g/mol. The number of methoxy groups -OCH3 is 1. The van der Waals surface area contributed by atoms with Crippen LogP contribution in [0.1, 0.15) is 62.1 Å². The molecule has 1 fully saturated rings. The molecule has 34 heavy (non-hydrogen) atoms. The third-order valence-corrected chi connectivity index (χ3v) is 6.52. The number of ether oxygens (including phenoxy) is 2. The number of rotatable bonds is 10. The topological polar surface area (TPSA) is 67.9 Å². The zero-order valence-electron chi connectivity index (χ0n) is 20.9. The zero-order valence-corrected chi connectivity index (χ0v) is 20.9. The van der Waals surface area contributed by atoms with Crippen LogP contribution in [0, 0.1) is 13.8 Å². The lowest BCUT2D eigenvalue weighted by Crippen LogP contribution is -2.52. The summed E-state index contributed by atoms with van der Waals surface area (Å²) in [4.78, 5) is 28.4. The van der Waals surface area contributed by atoms with Gasteiger partial charge in [0.25, 0.3) is 5.91 Å². The van der Waals surface area contributed by atoms with Crippen LogP contribution in [0.15, 0.2) is 42.5 Å². The Balaban J connectivity index is 1.79. The first-order valence-corrected chi connectivity index (χ1v) is 12.3. The highest BCUT2D eigenvalue weighted by atomic mass is 16.5. The second kappa shape index (κ2) is 12.4. The molecule has 0 radical (unpaired) electrons. The Bertz CT molecular complexity index is 969. The van der Waals surface area contributed by atoms with Crippen molar-refractivity contribution in [2.45, 2.75) is 77.9 Å². The van der Waals surface area contributed by atoms with E-state index in [1.807, 2.05) is 63.2 Å². The van der Waals surface area contributed by atoms with Gasteiger partial charge >= 0.3 is 0 Å². The molecule has 1 aliphatic rings. The molecule has 2 amide bonds. The standard InChI is InChI=1S/C28H38N2O4/c1-5-25(28(32)29-23-11-7-6-8-12-23)30(18-22-10-9-13-24(17-22)33-4)27(31)19-34-26-16-20(2)14-15-21(26)3/h9-10,13-17,23,25H,5-8,11-12,18-19H2,1-4H3,(H,29,32)/t25-/m0/s1. The molecular formula is C28H38N2O4. The van der Waals surface area contributed by atoms with Gasteiger partial charge < -0.3 is 19.7 Å². The summed E-state index contributed by atoms with van der Waals surface area (Å²) in [5, 5.41) is 3.21. The summed E-state index contributed by atoms with van der Waals surface area (Å²) in [5.74, 6) is 1.11. The first-order valence-electron chi connectivity index (χ1n) is 12.3. The van der Waals surface area contributed by atoms with Crippen LogP contribution in [0.2, 0.25) is 0 Å². The highest BCUT2D eigenvalue weighted by molar-refractivity contribution is 5.88. The number of hydrogen-bond acceptors (Lipinski definition) is 4. The molecule has 184 valence electrons. The summed E-state index contributed by atoms with van der Waals surface area (Å²) in [6.45, 7) is 6.08. The maximum atomic E-state index is 13.5. The van der Waals surface area contributed by atoms with Gasteiger partial charge in [0.2, 0.25) is 5.91 Å². The quantitative estimate of drug-likeness (QED) is 0.538. The molecule has 0 unspecified atom stereocenters. The molecule has 1 saturated carbocycles. The summed E-state index contributed by atoms with van der Waals surface area (Å²) in [6.07, 6.45) is 6.02. The van der Waals surface area contributed by atoms with Crippen molar-refractivity contribution in [2.75, 3.05) is 13.7 Å². The van der Waals surface area contributed by atoms with Crippen molar-refractivity contribution >= 4 is 11.8 Å².